The van der Waals surface area contributed by atoms with E-state index in [0.717, 1.165) is 31.5 Å². The fourth-order valence-corrected chi connectivity index (χ4v) is 16.6. The van der Waals surface area contributed by atoms with Crippen molar-refractivity contribution in [2.75, 3.05) is 65.5 Å². The van der Waals surface area contributed by atoms with Crippen LogP contribution in [-0.2, 0) is 110 Å². The third-order valence-electron chi connectivity index (χ3n) is 23.2. The molecule has 0 unspecified atom stereocenters. The van der Waals surface area contributed by atoms with Crippen LogP contribution in [0.1, 0.15) is 127 Å². The molecule has 15 atom stereocenters. The molecule has 5 heterocycles. The maximum absolute atomic E-state index is 15.6. The number of carboxylic acid groups (broad SMARTS) is 1. The van der Waals surface area contributed by atoms with Crippen LogP contribution < -0.4 is 70.4 Å². The van der Waals surface area contributed by atoms with Gasteiger partial charge in [0.25, 0.3) is 0 Å². The first kappa shape index (κ1) is 103. The Morgan fingerprint density at radius 1 is 0.496 bits per heavy atom. The molecular formula is C86H118N20O24S. The van der Waals surface area contributed by atoms with Crippen molar-refractivity contribution >= 4 is 146 Å². The lowest BCUT2D eigenvalue weighted by molar-refractivity contribution is -0.149. The maximum atomic E-state index is 15.6. The fourth-order valence-electron chi connectivity index (χ4n) is 15.7. The van der Waals surface area contributed by atoms with E-state index in [-0.39, 0.29) is 70.1 Å². The minimum atomic E-state index is -1.96. The summed E-state index contributed by atoms with van der Waals surface area (Å²) in [6.45, 7) is 0.870. The average molecular weight is 1850 g/mol. The van der Waals surface area contributed by atoms with Crippen LogP contribution in [0.3, 0.4) is 0 Å². The Kier molecular flexibility index (Phi) is 38.5. The molecule has 45 heteroatoms. The highest BCUT2D eigenvalue weighted by atomic mass is 32.2. The fraction of sp³-hybridized carbons (Fsp3) is 0.523. The van der Waals surface area contributed by atoms with Crippen LogP contribution in [0.25, 0.3) is 21.8 Å². The van der Waals surface area contributed by atoms with Gasteiger partial charge in [0.05, 0.1) is 38.0 Å². The molecule has 0 radical (unpaired) electrons. The Morgan fingerprint density at radius 3 is 1.57 bits per heavy atom. The number of carboxylic acids is 1. The largest absolute Gasteiger partial charge is 0.508 e. The number of fused-ring (bicyclic) bond motifs is 4. The zero-order valence-corrected chi connectivity index (χ0v) is 74.4. The summed E-state index contributed by atoms with van der Waals surface area (Å²) < 4.78 is 0. The van der Waals surface area contributed by atoms with Gasteiger partial charge in [-0.05, 0) is 86.4 Å². The van der Waals surface area contributed by atoms with Gasteiger partial charge in [0, 0.05) is 113 Å². The van der Waals surface area contributed by atoms with Crippen LogP contribution in [0.15, 0.2) is 85.2 Å². The first-order valence-electron chi connectivity index (χ1n) is 43.1. The molecule has 712 valence electrons. The van der Waals surface area contributed by atoms with Crippen molar-refractivity contribution in [3.05, 3.63) is 102 Å². The van der Waals surface area contributed by atoms with Crippen molar-refractivity contribution in [1.29, 1.82) is 0 Å². The van der Waals surface area contributed by atoms with Crippen molar-refractivity contribution in [3.8, 4) is 5.75 Å². The number of carbonyl (C=O) groups excluding carboxylic acids is 18. The van der Waals surface area contributed by atoms with Gasteiger partial charge in [-0.3, -0.25) is 91.1 Å². The third-order valence-corrected chi connectivity index (χ3v) is 24.2. The lowest BCUT2D eigenvalue weighted by Gasteiger charge is -2.36. The molecule has 2 aromatic heterocycles. The van der Waals surface area contributed by atoms with Crippen LogP contribution in [0.5, 0.6) is 5.75 Å². The summed E-state index contributed by atoms with van der Waals surface area (Å²) in [5, 5.41) is 79.4. The second kappa shape index (κ2) is 48.9. The summed E-state index contributed by atoms with van der Waals surface area (Å²) in [7, 11) is 3.72. The Balaban J connectivity index is 1.19. The summed E-state index contributed by atoms with van der Waals surface area (Å²) in [6, 6.07) is -4.57. The highest BCUT2D eigenvalue weighted by Crippen LogP contribution is 2.28. The Hall–Kier alpha value is -13.3. The van der Waals surface area contributed by atoms with Crippen LogP contribution in [0.2, 0.25) is 0 Å². The maximum Gasteiger partial charge on any atom is 0.303 e. The van der Waals surface area contributed by atoms with E-state index in [0.29, 0.717) is 63.1 Å². The smallest absolute Gasteiger partial charge is 0.303 e. The van der Waals surface area contributed by atoms with Gasteiger partial charge in [-0.15, -0.1) is 11.8 Å². The van der Waals surface area contributed by atoms with Gasteiger partial charge in [0.1, 0.15) is 90.3 Å². The molecule has 44 nitrogen and oxygen atoms in total. The molecule has 0 saturated carbocycles. The normalized spacial score (nSPS) is 25.1. The number of aliphatic hydroxyl groups excluding tert-OH is 3. The number of aromatic amines is 2. The van der Waals surface area contributed by atoms with E-state index in [1.54, 1.807) is 68.6 Å². The van der Waals surface area contributed by atoms with Gasteiger partial charge in [-0.1, -0.05) is 88.1 Å². The molecule has 3 aliphatic rings. The number of H-pyrrole nitrogens is 2. The number of nitrogens with two attached hydrogens (primary N) is 3. The third kappa shape index (κ3) is 28.6. The molecule has 0 aliphatic carbocycles. The standard InChI is InChI=1S/C86H118N20O24S/c1-7-9-20-64-79(123)94-55(28-30-72(115)116)75(119)101-63(74(118)92-39-70(89)113)43-131-44-71(114)93-58(32-46-23-25-49(109)26-24-46)82(126)102(4)45(3)73(117)97-60(36-69(88)112)85(129)105-31-15-22-65(105)80(124)100-62(42-108)77(121)95-56(27-29-68(87)111)84(128)106-40-50(110)35-67(106)81(125)96-57(33-47-37-90-53-18-13-11-16-51(47)53)76(120)99-61(41-107)78(122)98-59(34-48-38-91-54-19-14-12-17-52(48)54)83(127)104(6)66(21-10-8-2)86(130)103(64)5/h11-14,16-19,23-26,37-38,45,50,55-67,90-91,107-110H,7-10,15,20-22,27-36,39-44H2,1-6H3,(H2,87,111)(H2,88,112)(H2,89,113)(H,92,118)(H,93,114)(H,94,123)(H,95,121)(H,96,125)(H,97,117)(H,98,122)(H,99,120)(H,100,124)(H,101,119)(H,115,116)/t45-,50+,55-,56-,57-,58-,59-,60+,61-,62-,63-,64-,65-,66-,67-/m0/s1. The monoisotopic (exact) mass is 1850 g/mol. The summed E-state index contributed by atoms with van der Waals surface area (Å²) in [6.07, 6.45) is -2.12. The van der Waals surface area contributed by atoms with E-state index >= 15 is 33.6 Å². The minimum absolute atomic E-state index is 0.0646. The number of hydrogen-bond acceptors (Lipinski definition) is 24. The molecule has 3 fully saturated rings. The number of likely N-dealkylation sites (N-methyl/N-ethyl adjacent to an activating group) is 3. The molecule has 5 aromatic rings. The number of primary amides is 3. The van der Waals surface area contributed by atoms with Crippen molar-refractivity contribution in [2.24, 2.45) is 17.2 Å². The van der Waals surface area contributed by atoms with Crippen molar-refractivity contribution in [1.82, 2.24) is 87.6 Å². The van der Waals surface area contributed by atoms with E-state index in [4.69, 9.17) is 17.2 Å². The van der Waals surface area contributed by atoms with Crippen molar-refractivity contribution < 1.29 is 117 Å². The number of phenolic OH excluding ortho intramolecular Hbond substituents is 1. The van der Waals surface area contributed by atoms with Crippen molar-refractivity contribution in [3.63, 3.8) is 0 Å². The molecule has 131 heavy (non-hydrogen) atoms. The van der Waals surface area contributed by atoms with E-state index in [9.17, 15) is 83.1 Å². The van der Waals surface area contributed by atoms with Crippen LogP contribution >= 0.6 is 11.8 Å². The SMILES string of the molecule is CCCC[C@H]1C(=O)N(C)[C@@H](CCCC)C(=O)N[C@@H](CCC(=O)O)C(=O)N[C@H](C(=O)NCC(N)=O)CSCC(=O)N[C@@H](Cc2ccc(O)cc2)C(=O)N(C)[C@@H](C)C(=O)N[C@H](CC(N)=O)C(=O)N2CCC[C@H]2C(=O)N[C@@H](CO)C(=O)N[C@@H](CCC(N)=O)C(=O)N2C[C@H](O)C[C@H]2C(=O)N[C@@H](Cc2c[nH]c3ccccc23)C(=O)N[C@@H](CO)C(=O)N[C@@H](Cc2c[nH]c3ccccc23)C(=O)N1C. The quantitative estimate of drug-likeness (QED) is 0.0260. The first-order chi connectivity index (χ1) is 62.3. The number of hydrogen-bond donors (Lipinski definition) is 20. The minimum Gasteiger partial charge on any atom is -0.508 e. The molecule has 3 aromatic carbocycles. The van der Waals surface area contributed by atoms with Crippen molar-refractivity contribution in [2.45, 2.75) is 221 Å². The number of para-hydroxylation sites is 2. The number of carbonyl (C=O) groups is 19. The number of amides is 18. The second-order valence-electron chi connectivity index (χ2n) is 32.7. The van der Waals surface area contributed by atoms with E-state index in [1.165, 1.54) is 51.5 Å². The number of benzene rings is 3. The molecule has 3 aliphatic heterocycles. The topological polar surface area (TPSA) is 672 Å². The summed E-state index contributed by atoms with van der Waals surface area (Å²) >= 11 is 0.688. The van der Waals surface area contributed by atoms with E-state index in [1.807, 2.05) is 0 Å². The zero-order chi connectivity index (χ0) is 96.2. The number of phenols is 1. The molecule has 23 N–H and O–H groups in total. The highest BCUT2D eigenvalue weighted by Gasteiger charge is 2.47. The average Bonchev–Trinajstić information content (AvgIpc) is 1.80. The second-order valence-corrected chi connectivity index (χ2v) is 33.7. The van der Waals surface area contributed by atoms with Gasteiger partial charge < -0.3 is 130 Å². The number of aliphatic hydroxyl groups is 3. The van der Waals surface area contributed by atoms with Gasteiger partial charge in [-0.2, -0.15) is 0 Å². The van der Waals surface area contributed by atoms with Crippen LogP contribution in [-0.4, -0.2) is 328 Å². The van der Waals surface area contributed by atoms with Gasteiger partial charge >= 0.3 is 5.97 Å². The number of rotatable bonds is 25. The number of nitrogens with one attached hydrogen (secondary N) is 12. The summed E-state index contributed by atoms with van der Waals surface area (Å²) in [4.78, 5) is 283. The number of thioether (sulfide) groups is 1. The van der Waals surface area contributed by atoms with Gasteiger partial charge in [0.2, 0.25) is 106 Å². The molecule has 3 saturated heterocycles. The number of aromatic nitrogens is 2. The Labute approximate surface area is 757 Å². The number of aromatic hydroxyl groups is 1. The molecule has 0 spiro atoms. The summed E-state index contributed by atoms with van der Waals surface area (Å²) in [5.74, 6) is -21.7. The predicted molar refractivity (Wildman–Crippen MR) is 471 cm³/mol. The summed E-state index contributed by atoms with van der Waals surface area (Å²) in [5.41, 5.74) is 19.0. The van der Waals surface area contributed by atoms with Crippen LogP contribution in [0.4, 0.5) is 0 Å². The number of unbranched alkanes of at least 4 members (excludes halogenated alkanes) is 2. The molecule has 18 amide bonds. The lowest BCUT2D eigenvalue weighted by Crippen LogP contribution is -2.62. The Bertz CT molecular complexity index is 4990. The number of aliphatic carboxylic acids is 1. The van der Waals surface area contributed by atoms with Gasteiger partial charge in [0.15, 0.2) is 0 Å². The molecule has 0 bridgehead atoms. The van der Waals surface area contributed by atoms with Gasteiger partial charge in [-0.25, -0.2) is 0 Å². The first-order valence-corrected chi connectivity index (χ1v) is 44.3. The van der Waals surface area contributed by atoms with E-state index in [2.05, 4.69) is 63.1 Å². The Morgan fingerprint density at radius 2 is 0.992 bits per heavy atom. The zero-order valence-electron chi connectivity index (χ0n) is 73.6. The highest BCUT2D eigenvalue weighted by molar-refractivity contribution is 8.00. The van der Waals surface area contributed by atoms with E-state index < -0.39 is 279 Å². The molecular weight excluding hydrogens is 1730 g/mol. The predicted octanol–water partition coefficient (Wildman–Crippen LogP) is -5.08. The molecule has 8 rings (SSSR count). The lowest BCUT2D eigenvalue weighted by atomic mass is 10.00. The number of nitrogens with zero attached hydrogens (tertiary/aromatic N) is 5. The van der Waals surface area contributed by atoms with Crippen LogP contribution in [0, 0.1) is 0 Å².